The topological polar surface area (TPSA) is 77.5 Å². The lowest BCUT2D eigenvalue weighted by Crippen LogP contribution is -2.18. The smallest absolute Gasteiger partial charge is 0.406 e. The maximum absolute atomic E-state index is 11.5. The minimum absolute atomic E-state index is 0.0285. The zero-order valence-electron chi connectivity index (χ0n) is 8.63. The predicted molar refractivity (Wildman–Crippen MR) is 56.2 cm³/mol. The fraction of sp³-hybridized carbons (Fsp3) is 0.400. The summed E-state index contributed by atoms with van der Waals surface area (Å²) in [6.07, 6.45) is 1.60. The molecule has 6 nitrogen and oxygen atoms in total. The molecule has 0 fully saturated rings. The van der Waals surface area contributed by atoms with Crippen LogP contribution in [0.4, 0.5) is 0 Å². The first kappa shape index (κ1) is 10.8. The number of hydrogen-bond donors (Lipinski definition) is 1. The number of ether oxygens (including phenoxy) is 1. The van der Waals surface area contributed by atoms with Crippen LogP contribution in [0.2, 0.25) is 0 Å². The minimum Gasteiger partial charge on any atom is -0.406 e. The van der Waals surface area contributed by atoms with Crippen LogP contribution in [-0.2, 0) is 11.3 Å². The Hall–Kier alpha value is -1.66. The van der Waals surface area contributed by atoms with Gasteiger partial charge in [-0.1, -0.05) is 0 Å². The van der Waals surface area contributed by atoms with Crippen molar-refractivity contribution in [3.8, 4) is 0 Å². The average molecular weight is 224 g/mol. The van der Waals surface area contributed by atoms with E-state index in [-0.39, 0.29) is 13.2 Å². The zero-order chi connectivity index (χ0) is 11.4. The van der Waals surface area contributed by atoms with Gasteiger partial charge in [0.25, 0.3) is 0 Å². The summed E-state index contributed by atoms with van der Waals surface area (Å²) in [6, 6.07) is 3.40. The molecule has 0 atom stereocenters. The second kappa shape index (κ2) is 4.91. The first-order chi connectivity index (χ1) is 7.83. The Bertz CT molecular complexity index is 517. The van der Waals surface area contributed by atoms with Gasteiger partial charge in [-0.3, -0.25) is 4.57 Å². The Balaban J connectivity index is 2.16. The fourth-order valence-corrected chi connectivity index (χ4v) is 1.42. The Morgan fingerprint density at radius 1 is 1.50 bits per heavy atom. The lowest BCUT2D eigenvalue weighted by atomic mass is 10.4. The number of nitrogens with zero attached hydrogens (tertiary/aromatic N) is 2. The normalized spacial score (nSPS) is 11.1. The third-order valence-corrected chi connectivity index (χ3v) is 2.12. The molecule has 86 valence electrons. The van der Waals surface area contributed by atoms with E-state index in [0.29, 0.717) is 24.4 Å². The number of aliphatic hydroxyl groups is 1. The number of fused-ring (bicyclic) bond motifs is 1. The van der Waals surface area contributed by atoms with Crippen molar-refractivity contribution in [2.45, 2.75) is 6.54 Å². The van der Waals surface area contributed by atoms with E-state index in [9.17, 15) is 4.79 Å². The maximum atomic E-state index is 11.5. The first-order valence-corrected chi connectivity index (χ1v) is 4.96. The highest BCUT2D eigenvalue weighted by molar-refractivity contribution is 5.67. The van der Waals surface area contributed by atoms with Crippen LogP contribution in [0.25, 0.3) is 11.2 Å². The van der Waals surface area contributed by atoms with Crippen LogP contribution in [-0.4, -0.2) is 34.5 Å². The van der Waals surface area contributed by atoms with Gasteiger partial charge in [0.1, 0.15) is 0 Å². The van der Waals surface area contributed by atoms with E-state index in [2.05, 4.69) is 4.98 Å². The summed E-state index contributed by atoms with van der Waals surface area (Å²) in [7, 11) is 0. The number of aliphatic hydroxyl groups excluding tert-OH is 1. The van der Waals surface area contributed by atoms with Crippen molar-refractivity contribution < 1.29 is 14.3 Å². The van der Waals surface area contributed by atoms with Gasteiger partial charge in [-0.15, -0.1) is 0 Å². The number of oxazole rings is 1. The molecule has 2 aromatic rings. The lowest BCUT2D eigenvalue weighted by molar-refractivity contribution is 0.0865. The molecule has 0 unspecified atom stereocenters. The van der Waals surface area contributed by atoms with E-state index in [4.69, 9.17) is 14.3 Å². The third kappa shape index (κ3) is 2.12. The van der Waals surface area contributed by atoms with E-state index in [1.165, 1.54) is 4.57 Å². The van der Waals surface area contributed by atoms with Crippen LogP contribution in [0, 0.1) is 0 Å². The number of pyridine rings is 1. The zero-order valence-corrected chi connectivity index (χ0v) is 8.63. The molecule has 16 heavy (non-hydrogen) atoms. The van der Waals surface area contributed by atoms with Crippen molar-refractivity contribution in [2.24, 2.45) is 0 Å². The second-order valence-electron chi connectivity index (χ2n) is 3.18. The highest BCUT2D eigenvalue weighted by Crippen LogP contribution is 2.07. The highest BCUT2D eigenvalue weighted by atomic mass is 16.5. The largest absolute Gasteiger partial charge is 0.421 e. The molecule has 1 N–H and O–H groups in total. The maximum Gasteiger partial charge on any atom is 0.421 e. The van der Waals surface area contributed by atoms with Crippen LogP contribution < -0.4 is 5.76 Å². The van der Waals surface area contributed by atoms with Crippen molar-refractivity contribution in [1.82, 2.24) is 9.55 Å². The van der Waals surface area contributed by atoms with Crippen LogP contribution in [0.1, 0.15) is 0 Å². The summed E-state index contributed by atoms with van der Waals surface area (Å²) >= 11 is 0. The molecule has 0 aliphatic carbocycles. The summed E-state index contributed by atoms with van der Waals surface area (Å²) in [4.78, 5) is 15.5. The van der Waals surface area contributed by atoms with Gasteiger partial charge >= 0.3 is 5.76 Å². The molecule has 2 aromatic heterocycles. The lowest BCUT2D eigenvalue weighted by Gasteiger charge is -2.02. The molecular formula is C10H12N2O4. The van der Waals surface area contributed by atoms with Crippen LogP contribution >= 0.6 is 0 Å². The molecule has 0 aliphatic heterocycles. The Morgan fingerprint density at radius 2 is 2.38 bits per heavy atom. The molecule has 0 amide bonds. The summed E-state index contributed by atoms with van der Waals surface area (Å²) in [5, 5.41) is 8.53. The van der Waals surface area contributed by atoms with Crippen molar-refractivity contribution in [3.05, 3.63) is 28.9 Å². The number of aromatic nitrogens is 2. The van der Waals surface area contributed by atoms with Crippen LogP contribution in [0.5, 0.6) is 0 Å². The van der Waals surface area contributed by atoms with E-state index >= 15 is 0 Å². The van der Waals surface area contributed by atoms with Gasteiger partial charge in [0.2, 0.25) is 0 Å². The van der Waals surface area contributed by atoms with E-state index in [0.717, 1.165) is 0 Å². The van der Waals surface area contributed by atoms with Crippen LogP contribution in [0.3, 0.4) is 0 Å². The SMILES string of the molecule is O=c1oc2cccnc2n1CCOCCO. The van der Waals surface area contributed by atoms with Gasteiger partial charge in [0.15, 0.2) is 11.2 Å². The molecule has 0 bridgehead atoms. The number of rotatable bonds is 5. The monoisotopic (exact) mass is 224 g/mol. The molecule has 0 radical (unpaired) electrons. The third-order valence-electron chi connectivity index (χ3n) is 2.12. The number of hydrogen-bond acceptors (Lipinski definition) is 5. The standard InChI is InChI=1S/C10H12N2O4/c13-5-7-15-6-4-12-9-8(16-10(12)14)2-1-3-11-9/h1-3,13H,4-7H2. The van der Waals surface area contributed by atoms with Crippen molar-refractivity contribution in [1.29, 1.82) is 0 Å². The molecule has 0 aromatic carbocycles. The molecule has 2 rings (SSSR count). The van der Waals surface area contributed by atoms with Gasteiger partial charge in [-0.2, -0.15) is 0 Å². The van der Waals surface area contributed by atoms with Gasteiger partial charge < -0.3 is 14.3 Å². The van der Waals surface area contributed by atoms with Crippen molar-refractivity contribution in [3.63, 3.8) is 0 Å². The fourth-order valence-electron chi connectivity index (χ4n) is 1.42. The Labute approximate surface area is 91.1 Å². The molecule has 2 heterocycles. The van der Waals surface area contributed by atoms with Crippen molar-refractivity contribution >= 4 is 11.2 Å². The van der Waals surface area contributed by atoms with Gasteiger partial charge in [0, 0.05) is 6.20 Å². The van der Waals surface area contributed by atoms with Gasteiger partial charge in [0.05, 0.1) is 26.4 Å². The molecule has 0 aliphatic rings. The summed E-state index contributed by atoms with van der Waals surface area (Å²) in [5.74, 6) is -0.443. The Kier molecular flexibility index (Phi) is 3.33. The molecule has 6 heteroatoms. The predicted octanol–water partition coefficient (Wildman–Crippen LogP) is -0.00160. The van der Waals surface area contributed by atoms with E-state index in [1.807, 2.05) is 0 Å². The summed E-state index contributed by atoms with van der Waals surface area (Å²) in [6.45, 7) is 0.936. The average Bonchev–Trinajstić information content (AvgIpc) is 2.61. The quantitative estimate of drug-likeness (QED) is 0.723. The summed E-state index contributed by atoms with van der Waals surface area (Å²) in [5.41, 5.74) is 0.981. The van der Waals surface area contributed by atoms with E-state index in [1.54, 1.807) is 18.3 Å². The molecule has 0 saturated carbocycles. The van der Waals surface area contributed by atoms with Crippen molar-refractivity contribution in [2.75, 3.05) is 19.8 Å². The van der Waals surface area contributed by atoms with Gasteiger partial charge in [-0.25, -0.2) is 9.78 Å². The molecular weight excluding hydrogens is 212 g/mol. The van der Waals surface area contributed by atoms with Crippen LogP contribution in [0.15, 0.2) is 27.5 Å². The Morgan fingerprint density at radius 3 is 3.19 bits per heavy atom. The first-order valence-electron chi connectivity index (χ1n) is 4.96. The second-order valence-corrected chi connectivity index (χ2v) is 3.18. The minimum atomic E-state index is -0.443. The van der Waals surface area contributed by atoms with E-state index < -0.39 is 5.76 Å². The molecule has 0 saturated heterocycles. The summed E-state index contributed by atoms with van der Waals surface area (Å²) < 4.78 is 11.5. The van der Waals surface area contributed by atoms with Gasteiger partial charge in [-0.05, 0) is 12.1 Å². The molecule has 0 spiro atoms. The highest BCUT2D eigenvalue weighted by Gasteiger charge is 2.08.